The second kappa shape index (κ2) is 10.8. The molecule has 0 bridgehead atoms. The zero-order valence-corrected chi connectivity index (χ0v) is 20.6. The number of anilines is 2. The van der Waals surface area contributed by atoms with E-state index in [9.17, 15) is 14.4 Å². The minimum absolute atomic E-state index is 0.0362. The van der Waals surface area contributed by atoms with E-state index >= 15 is 0 Å². The number of piperidine rings is 1. The van der Waals surface area contributed by atoms with Gasteiger partial charge in [-0.15, -0.1) is 0 Å². The number of nitrogens with zero attached hydrogens (tertiary/aromatic N) is 3. The van der Waals surface area contributed by atoms with Gasteiger partial charge in [-0.3, -0.25) is 9.59 Å². The second-order valence-corrected chi connectivity index (χ2v) is 9.38. The lowest BCUT2D eigenvalue weighted by Crippen LogP contribution is -2.58. The van der Waals surface area contributed by atoms with Crippen LogP contribution < -0.4 is 15.5 Å². The highest BCUT2D eigenvalue weighted by Gasteiger charge is 2.54. The summed E-state index contributed by atoms with van der Waals surface area (Å²) < 4.78 is 0. The van der Waals surface area contributed by atoms with E-state index in [1.165, 1.54) is 0 Å². The van der Waals surface area contributed by atoms with Crippen LogP contribution >= 0.6 is 0 Å². The first-order chi connectivity index (χ1) is 16.9. The number of carbonyl (C=O) groups is 3. The Kier molecular flexibility index (Phi) is 7.58. The molecule has 8 nitrogen and oxygen atoms in total. The molecule has 2 aromatic rings. The van der Waals surface area contributed by atoms with Crippen molar-refractivity contribution in [1.29, 1.82) is 0 Å². The molecule has 0 aliphatic carbocycles. The molecule has 0 aromatic heterocycles. The van der Waals surface area contributed by atoms with Crippen LogP contribution in [0.1, 0.15) is 38.2 Å². The lowest BCUT2D eigenvalue weighted by Gasteiger charge is -2.43. The van der Waals surface area contributed by atoms with Crippen LogP contribution in [0.4, 0.5) is 16.2 Å². The van der Waals surface area contributed by atoms with E-state index in [-0.39, 0.29) is 24.4 Å². The molecule has 2 fully saturated rings. The molecule has 8 heteroatoms. The van der Waals surface area contributed by atoms with Gasteiger partial charge in [-0.25, -0.2) is 4.79 Å². The number of hydrogen-bond donors (Lipinski definition) is 2. The Morgan fingerprint density at radius 2 is 1.69 bits per heavy atom. The van der Waals surface area contributed by atoms with Crippen molar-refractivity contribution < 1.29 is 14.4 Å². The first-order valence-electron chi connectivity index (χ1n) is 12.4. The van der Waals surface area contributed by atoms with Gasteiger partial charge in [0.25, 0.3) is 5.91 Å². The van der Waals surface area contributed by atoms with Gasteiger partial charge in [0.2, 0.25) is 5.91 Å². The summed E-state index contributed by atoms with van der Waals surface area (Å²) in [5, 5.41) is 5.91. The number of nitrogens with one attached hydrogen (secondary N) is 2. The summed E-state index contributed by atoms with van der Waals surface area (Å²) in [6.45, 7) is 5.99. The molecular formula is C27H35N5O3. The zero-order valence-electron chi connectivity index (χ0n) is 20.6. The third kappa shape index (κ3) is 5.26. The highest BCUT2D eigenvalue weighted by molar-refractivity contribution is 5.97. The number of unbranched alkanes of at least 4 members (excludes halogenated alkanes) is 1. The fourth-order valence-electron chi connectivity index (χ4n) is 4.94. The zero-order chi connectivity index (χ0) is 24.8. The number of benzene rings is 2. The number of aryl methyl sites for hydroxylation is 1. The average molecular weight is 478 g/mol. The van der Waals surface area contributed by atoms with Crippen LogP contribution in [0.3, 0.4) is 0 Å². The molecule has 35 heavy (non-hydrogen) atoms. The predicted octanol–water partition coefficient (Wildman–Crippen LogP) is 3.58. The van der Waals surface area contributed by atoms with Crippen LogP contribution in [0.15, 0.2) is 54.6 Å². The Balaban J connectivity index is 1.47. The molecule has 4 rings (SSSR count). The molecule has 1 spiro atoms. The van der Waals surface area contributed by atoms with Gasteiger partial charge in [0.1, 0.15) is 12.1 Å². The third-order valence-corrected chi connectivity index (χ3v) is 7.03. The van der Waals surface area contributed by atoms with Gasteiger partial charge < -0.3 is 25.3 Å². The molecule has 2 heterocycles. The quantitative estimate of drug-likeness (QED) is 0.597. The summed E-state index contributed by atoms with van der Waals surface area (Å²) in [7, 11) is 0. The lowest BCUT2D eigenvalue weighted by molar-refractivity contribution is -0.137. The van der Waals surface area contributed by atoms with Crippen LogP contribution in [-0.2, 0) is 9.59 Å². The van der Waals surface area contributed by atoms with Crippen molar-refractivity contribution >= 4 is 29.2 Å². The van der Waals surface area contributed by atoms with Crippen molar-refractivity contribution in [3.8, 4) is 0 Å². The fourth-order valence-corrected chi connectivity index (χ4v) is 4.94. The number of rotatable bonds is 7. The highest BCUT2D eigenvalue weighted by Crippen LogP contribution is 2.39. The summed E-state index contributed by atoms with van der Waals surface area (Å²) in [4.78, 5) is 44.7. The fraction of sp³-hybridized carbons (Fsp3) is 0.444. The summed E-state index contributed by atoms with van der Waals surface area (Å²) in [5.41, 5.74) is 1.99. The summed E-state index contributed by atoms with van der Waals surface area (Å²) in [5.74, 6) is -0.169. The lowest BCUT2D eigenvalue weighted by atomic mass is 9.85. The van der Waals surface area contributed by atoms with Crippen LogP contribution in [-0.4, -0.2) is 66.0 Å². The summed E-state index contributed by atoms with van der Waals surface area (Å²) >= 11 is 0. The Bertz CT molecular complexity index is 1050. The largest absolute Gasteiger partial charge is 0.355 e. The molecule has 2 aliphatic rings. The van der Waals surface area contributed by atoms with E-state index in [1.807, 2.05) is 61.5 Å². The molecule has 0 radical (unpaired) electrons. The maximum atomic E-state index is 13.7. The SMILES string of the molecule is CCCCNC(=O)CN1CN(c2ccccc2)C2(CCN(C(=O)Nc3ccccc3C)CC2)C1=O. The van der Waals surface area contributed by atoms with Crippen molar-refractivity contribution in [2.45, 2.75) is 45.1 Å². The molecular weight excluding hydrogens is 442 g/mol. The first kappa shape index (κ1) is 24.6. The van der Waals surface area contributed by atoms with E-state index in [2.05, 4.69) is 22.5 Å². The number of hydrogen-bond acceptors (Lipinski definition) is 4. The molecule has 0 atom stereocenters. The Hall–Kier alpha value is -3.55. The molecule has 2 aromatic carbocycles. The number of amides is 4. The van der Waals surface area contributed by atoms with Gasteiger partial charge >= 0.3 is 6.03 Å². The Labute approximate surface area is 207 Å². The topological polar surface area (TPSA) is 85.0 Å². The van der Waals surface area contributed by atoms with Crippen LogP contribution in [0, 0.1) is 6.92 Å². The average Bonchev–Trinajstić information content (AvgIpc) is 3.12. The second-order valence-electron chi connectivity index (χ2n) is 9.38. The van der Waals surface area contributed by atoms with Gasteiger partial charge in [-0.1, -0.05) is 49.7 Å². The molecule has 0 saturated carbocycles. The summed E-state index contributed by atoms with van der Waals surface area (Å²) in [6, 6.07) is 17.4. The first-order valence-corrected chi connectivity index (χ1v) is 12.4. The maximum absolute atomic E-state index is 13.7. The standard InChI is InChI=1S/C27H35N5O3/c1-3-4-16-28-24(33)19-31-20-32(22-11-6-5-7-12-22)27(25(31)34)14-17-30(18-15-27)26(35)29-23-13-9-8-10-21(23)2/h5-13H,3-4,14-20H2,1-2H3,(H,28,33)(H,29,35). The van der Waals surface area contributed by atoms with Gasteiger partial charge in [0.15, 0.2) is 0 Å². The van der Waals surface area contributed by atoms with Crippen molar-refractivity contribution in [3.05, 3.63) is 60.2 Å². The predicted molar refractivity (Wildman–Crippen MR) is 137 cm³/mol. The monoisotopic (exact) mass is 477 g/mol. The minimum atomic E-state index is -0.759. The molecule has 186 valence electrons. The van der Waals surface area contributed by atoms with E-state index in [0.29, 0.717) is 39.1 Å². The van der Waals surface area contributed by atoms with Crippen molar-refractivity contribution in [2.24, 2.45) is 0 Å². The van der Waals surface area contributed by atoms with Crippen molar-refractivity contribution in [1.82, 2.24) is 15.1 Å². The highest BCUT2D eigenvalue weighted by atomic mass is 16.2. The van der Waals surface area contributed by atoms with Crippen molar-refractivity contribution in [3.63, 3.8) is 0 Å². The van der Waals surface area contributed by atoms with Gasteiger partial charge in [-0.05, 0) is 49.9 Å². The molecule has 2 saturated heterocycles. The van der Waals surface area contributed by atoms with Crippen LogP contribution in [0.25, 0.3) is 0 Å². The van der Waals surface area contributed by atoms with Crippen LogP contribution in [0.5, 0.6) is 0 Å². The Morgan fingerprint density at radius 1 is 1.00 bits per heavy atom. The Morgan fingerprint density at radius 3 is 2.37 bits per heavy atom. The van der Waals surface area contributed by atoms with Gasteiger partial charge in [0.05, 0.1) is 6.67 Å². The van der Waals surface area contributed by atoms with E-state index in [4.69, 9.17) is 0 Å². The van der Waals surface area contributed by atoms with E-state index in [0.717, 1.165) is 29.8 Å². The summed E-state index contributed by atoms with van der Waals surface area (Å²) in [6.07, 6.45) is 2.94. The number of carbonyl (C=O) groups excluding carboxylic acids is 3. The van der Waals surface area contributed by atoms with Gasteiger partial charge in [0, 0.05) is 31.0 Å². The number of para-hydroxylation sites is 2. The third-order valence-electron chi connectivity index (χ3n) is 7.03. The maximum Gasteiger partial charge on any atom is 0.321 e. The van der Waals surface area contributed by atoms with Gasteiger partial charge in [-0.2, -0.15) is 0 Å². The molecule has 2 aliphatic heterocycles. The molecule has 4 amide bonds. The number of likely N-dealkylation sites (tertiary alicyclic amines) is 1. The normalized spacial score (nSPS) is 17.1. The van der Waals surface area contributed by atoms with Crippen molar-refractivity contribution in [2.75, 3.05) is 43.1 Å². The van der Waals surface area contributed by atoms with Crippen LogP contribution in [0.2, 0.25) is 0 Å². The van der Waals surface area contributed by atoms with E-state index in [1.54, 1.807) is 9.80 Å². The van der Waals surface area contributed by atoms with E-state index < -0.39 is 5.54 Å². The molecule has 0 unspecified atom stereocenters. The number of urea groups is 1. The minimum Gasteiger partial charge on any atom is -0.355 e. The molecule has 2 N–H and O–H groups in total. The smallest absolute Gasteiger partial charge is 0.321 e.